The quantitative estimate of drug-likeness (QED) is 0.636. The van der Waals surface area contributed by atoms with E-state index in [-0.39, 0.29) is 23.0 Å². The summed E-state index contributed by atoms with van der Waals surface area (Å²) < 4.78 is 25.3. The molecule has 2 aromatic rings. The first-order valence-electron chi connectivity index (χ1n) is 4.93. The number of rotatable bonds is 3. The zero-order valence-corrected chi connectivity index (χ0v) is 11.4. The standard InChI is InChI=1S/C10H9N3O4S.ClH/c1-8-11-6-7-12(8)18(16,17)10-4-2-9(3-5-10)13(14)15;/h2-7H,1H3;1H. The molecule has 102 valence electrons. The lowest BCUT2D eigenvalue weighted by Gasteiger charge is -2.06. The SMILES string of the molecule is Cc1nccn1S(=O)(=O)c1ccc([N+](=O)[O-])cc1.Cl. The highest BCUT2D eigenvalue weighted by Gasteiger charge is 2.19. The Kier molecular flexibility index (Phi) is 4.28. The lowest BCUT2D eigenvalue weighted by Crippen LogP contribution is -2.13. The molecule has 0 aliphatic rings. The molecule has 9 heteroatoms. The zero-order valence-electron chi connectivity index (χ0n) is 9.76. The van der Waals surface area contributed by atoms with Crippen LogP contribution in [0.4, 0.5) is 5.69 Å². The van der Waals surface area contributed by atoms with Gasteiger partial charge < -0.3 is 0 Å². The summed E-state index contributed by atoms with van der Waals surface area (Å²) in [7, 11) is -3.74. The Bertz CT molecular complexity index is 694. The van der Waals surface area contributed by atoms with Gasteiger partial charge >= 0.3 is 0 Å². The maximum Gasteiger partial charge on any atom is 0.269 e. The average molecular weight is 304 g/mol. The van der Waals surface area contributed by atoms with E-state index >= 15 is 0 Å². The lowest BCUT2D eigenvalue weighted by molar-refractivity contribution is -0.384. The number of nitro benzene ring substituents is 1. The normalized spacial score (nSPS) is 10.8. The molecule has 7 nitrogen and oxygen atoms in total. The summed E-state index contributed by atoms with van der Waals surface area (Å²) in [5.41, 5.74) is -0.156. The number of hydrogen-bond acceptors (Lipinski definition) is 5. The number of aromatic nitrogens is 2. The molecule has 1 aromatic heterocycles. The van der Waals surface area contributed by atoms with Gasteiger partial charge in [0.15, 0.2) is 0 Å². The number of nitro groups is 1. The summed E-state index contributed by atoms with van der Waals surface area (Å²) in [6.45, 7) is 1.56. The van der Waals surface area contributed by atoms with Gasteiger partial charge in [0.2, 0.25) is 0 Å². The third kappa shape index (κ3) is 2.74. The Labute approximate surface area is 115 Å². The van der Waals surface area contributed by atoms with Crippen molar-refractivity contribution in [2.75, 3.05) is 0 Å². The second-order valence-electron chi connectivity index (χ2n) is 3.53. The van der Waals surface area contributed by atoms with Crippen molar-refractivity contribution in [1.82, 2.24) is 8.96 Å². The summed E-state index contributed by atoms with van der Waals surface area (Å²) in [6, 6.07) is 4.71. The fourth-order valence-corrected chi connectivity index (χ4v) is 2.79. The summed E-state index contributed by atoms with van der Waals surface area (Å²) in [5.74, 6) is 0.327. The molecule has 19 heavy (non-hydrogen) atoms. The fourth-order valence-electron chi connectivity index (χ4n) is 1.47. The minimum atomic E-state index is -3.74. The highest BCUT2D eigenvalue weighted by atomic mass is 35.5. The van der Waals surface area contributed by atoms with Crippen molar-refractivity contribution in [3.63, 3.8) is 0 Å². The second-order valence-corrected chi connectivity index (χ2v) is 5.34. The first-order valence-corrected chi connectivity index (χ1v) is 6.37. The largest absolute Gasteiger partial charge is 0.269 e. The summed E-state index contributed by atoms with van der Waals surface area (Å²) in [4.78, 5) is 13.7. The molecule has 1 aromatic carbocycles. The number of nitrogens with zero attached hydrogens (tertiary/aromatic N) is 3. The Morgan fingerprint density at radius 2 is 1.84 bits per heavy atom. The highest BCUT2D eigenvalue weighted by molar-refractivity contribution is 7.90. The monoisotopic (exact) mass is 303 g/mol. The van der Waals surface area contributed by atoms with E-state index in [1.807, 2.05) is 0 Å². The molecular weight excluding hydrogens is 294 g/mol. The van der Waals surface area contributed by atoms with Gasteiger partial charge in [-0.1, -0.05) is 0 Å². The molecule has 0 fully saturated rings. The summed E-state index contributed by atoms with van der Waals surface area (Å²) in [5, 5.41) is 10.5. The van der Waals surface area contributed by atoms with Gasteiger partial charge in [0.1, 0.15) is 5.82 Å². The van der Waals surface area contributed by atoms with Gasteiger partial charge in [0.05, 0.1) is 9.82 Å². The Balaban J connectivity index is 0.00000180. The molecule has 0 radical (unpaired) electrons. The molecule has 0 bridgehead atoms. The number of imidazole rings is 1. The van der Waals surface area contributed by atoms with Crippen molar-refractivity contribution in [2.45, 2.75) is 11.8 Å². The maximum absolute atomic E-state index is 12.2. The van der Waals surface area contributed by atoms with Crippen LogP contribution in [0, 0.1) is 17.0 Å². The molecule has 0 aliphatic carbocycles. The van der Waals surface area contributed by atoms with Gasteiger partial charge in [0, 0.05) is 24.5 Å². The smallest absolute Gasteiger partial charge is 0.258 e. The van der Waals surface area contributed by atoms with Crippen molar-refractivity contribution in [3.05, 3.63) is 52.6 Å². The molecular formula is C10H10ClN3O4S. The predicted molar refractivity (Wildman–Crippen MR) is 69.9 cm³/mol. The topological polar surface area (TPSA) is 95.1 Å². The van der Waals surface area contributed by atoms with Crippen LogP contribution in [-0.2, 0) is 10.0 Å². The molecule has 0 atom stereocenters. The van der Waals surface area contributed by atoms with Gasteiger partial charge in [-0.15, -0.1) is 12.4 Å². The molecule has 0 saturated carbocycles. The van der Waals surface area contributed by atoms with Gasteiger partial charge in [-0.3, -0.25) is 10.1 Å². The molecule has 0 aliphatic heterocycles. The van der Waals surface area contributed by atoms with Crippen LogP contribution >= 0.6 is 12.4 Å². The minimum absolute atomic E-state index is 0. The van der Waals surface area contributed by atoms with Crippen LogP contribution in [0.3, 0.4) is 0 Å². The van der Waals surface area contributed by atoms with E-state index in [2.05, 4.69) is 4.98 Å². The van der Waals surface area contributed by atoms with E-state index in [1.165, 1.54) is 24.5 Å². The molecule has 2 rings (SSSR count). The van der Waals surface area contributed by atoms with E-state index in [4.69, 9.17) is 0 Å². The number of aryl methyl sites for hydroxylation is 1. The minimum Gasteiger partial charge on any atom is -0.258 e. The van der Waals surface area contributed by atoms with Crippen LogP contribution < -0.4 is 0 Å². The number of benzene rings is 1. The molecule has 0 spiro atoms. The zero-order chi connectivity index (χ0) is 13.3. The van der Waals surface area contributed by atoms with Crippen LogP contribution in [0.2, 0.25) is 0 Å². The lowest BCUT2D eigenvalue weighted by atomic mass is 10.3. The van der Waals surface area contributed by atoms with E-state index < -0.39 is 14.9 Å². The molecule has 0 N–H and O–H groups in total. The van der Waals surface area contributed by atoms with E-state index in [0.717, 1.165) is 16.1 Å². The van der Waals surface area contributed by atoms with E-state index in [9.17, 15) is 18.5 Å². The van der Waals surface area contributed by atoms with Crippen molar-refractivity contribution in [1.29, 1.82) is 0 Å². The Morgan fingerprint density at radius 1 is 1.26 bits per heavy atom. The predicted octanol–water partition coefficient (Wildman–Crippen LogP) is 1.76. The highest BCUT2D eigenvalue weighted by Crippen LogP contribution is 2.18. The van der Waals surface area contributed by atoms with Gasteiger partial charge in [0.25, 0.3) is 15.7 Å². The Hall–Kier alpha value is -1.93. The van der Waals surface area contributed by atoms with E-state index in [0.29, 0.717) is 5.82 Å². The Morgan fingerprint density at radius 3 is 2.26 bits per heavy atom. The van der Waals surface area contributed by atoms with Crippen LogP contribution in [-0.4, -0.2) is 22.3 Å². The van der Waals surface area contributed by atoms with Gasteiger partial charge in [-0.25, -0.2) is 17.4 Å². The summed E-state index contributed by atoms with van der Waals surface area (Å²) in [6.07, 6.45) is 2.70. The maximum atomic E-state index is 12.2. The van der Waals surface area contributed by atoms with Crippen molar-refractivity contribution in [2.24, 2.45) is 0 Å². The molecule has 0 saturated heterocycles. The number of non-ortho nitro benzene ring substituents is 1. The van der Waals surface area contributed by atoms with Crippen LogP contribution in [0.1, 0.15) is 5.82 Å². The van der Waals surface area contributed by atoms with E-state index in [1.54, 1.807) is 6.92 Å². The van der Waals surface area contributed by atoms with Crippen molar-refractivity contribution in [3.8, 4) is 0 Å². The number of hydrogen-bond donors (Lipinski definition) is 0. The van der Waals surface area contributed by atoms with Crippen molar-refractivity contribution >= 4 is 28.1 Å². The number of halogens is 1. The second kappa shape index (κ2) is 5.37. The van der Waals surface area contributed by atoms with Crippen molar-refractivity contribution < 1.29 is 13.3 Å². The first-order chi connectivity index (χ1) is 8.43. The fraction of sp³-hybridized carbons (Fsp3) is 0.100. The average Bonchev–Trinajstić information content (AvgIpc) is 2.76. The molecule has 0 amide bonds. The molecule has 1 heterocycles. The summed E-state index contributed by atoms with van der Waals surface area (Å²) >= 11 is 0. The third-order valence-electron chi connectivity index (χ3n) is 2.39. The van der Waals surface area contributed by atoms with Crippen LogP contribution in [0.15, 0.2) is 41.6 Å². The van der Waals surface area contributed by atoms with Gasteiger partial charge in [-0.05, 0) is 19.1 Å². The third-order valence-corrected chi connectivity index (χ3v) is 4.16. The van der Waals surface area contributed by atoms with Crippen LogP contribution in [0.5, 0.6) is 0 Å². The first kappa shape index (κ1) is 15.1. The van der Waals surface area contributed by atoms with Crippen LogP contribution in [0.25, 0.3) is 0 Å². The van der Waals surface area contributed by atoms with Gasteiger partial charge in [-0.2, -0.15) is 0 Å². The molecule has 0 unspecified atom stereocenters.